The third-order valence-corrected chi connectivity index (χ3v) is 3.63. The van der Waals surface area contributed by atoms with Crippen LogP contribution < -0.4 is 15.4 Å². The van der Waals surface area contributed by atoms with Crippen molar-refractivity contribution in [3.05, 3.63) is 46.5 Å². The Morgan fingerprint density at radius 1 is 1.00 bits per heavy atom. The third kappa shape index (κ3) is 2.00. The molecule has 112 valence electrons. The molecule has 0 saturated heterocycles. The molecule has 0 spiro atoms. The highest BCUT2D eigenvalue weighted by molar-refractivity contribution is 6.30. The monoisotopic (exact) mass is 298 g/mol. The summed E-state index contributed by atoms with van der Waals surface area (Å²) in [4.78, 5) is 38.8. The minimum absolute atomic E-state index is 0.0377. The van der Waals surface area contributed by atoms with Gasteiger partial charge in [0.25, 0.3) is 11.8 Å². The Kier molecular flexibility index (Phi) is 3.09. The van der Waals surface area contributed by atoms with Crippen molar-refractivity contribution in [1.29, 1.82) is 0 Å². The number of amides is 2. The number of carbonyl (C=O) groups excluding carboxylic acids is 2. The second-order valence-corrected chi connectivity index (χ2v) is 5.26. The standard InChI is InChI=1S/C16H14N2O4/c1-9-11-5-4-10(17(2)3)8-12(11)15(16(21)22-9)18-13(19)6-7-14(18)20/h4-8H,1-3H3. The van der Waals surface area contributed by atoms with Gasteiger partial charge in [-0.05, 0) is 25.1 Å². The average molecular weight is 298 g/mol. The third-order valence-electron chi connectivity index (χ3n) is 3.63. The first-order valence-electron chi connectivity index (χ1n) is 6.71. The maximum absolute atomic E-state index is 12.3. The van der Waals surface area contributed by atoms with E-state index in [2.05, 4.69) is 0 Å². The van der Waals surface area contributed by atoms with Gasteiger partial charge in [-0.3, -0.25) is 9.59 Å². The van der Waals surface area contributed by atoms with Crippen LogP contribution in [0, 0.1) is 6.92 Å². The molecule has 22 heavy (non-hydrogen) atoms. The van der Waals surface area contributed by atoms with E-state index in [-0.39, 0.29) is 5.69 Å². The van der Waals surface area contributed by atoms with Gasteiger partial charge in [0.05, 0.1) is 0 Å². The van der Waals surface area contributed by atoms with E-state index in [0.717, 1.165) is 22.7 Å². The van der Waals surface area contributed by atoms with Crippen molar-refractivity contribution in [1.82, 2.24) is 0 Å². The summed E-state index contributed by atoms with van der Waals surface area (Å²) in [5, 5.41) is 1.21. The lowest BCUT2D eigenvalue weighted by Crippen LogP contribution is -2.33. The fourth-order valence-corrected chi connectivity index (χ4v) is 2.50. The van der Waals surface area contributed by atoms with Crippen LogP contribution in [-0.2, 0) is 9.59 Å². The van der Waals surface area contributed by atoms with Gasteiger partial charge in [-0.2, -0.15) is 0 Å². The molecular formula is C16H14N2O4. The quantitative estimate of drug-likeness (QED) is 0.788. The maximum Gasteiger partial charge on any atom is 0.361 e. The van der Waals surface area contributed by atoms with E-state index in [4.69, 9.17) is 4.42 Å². The predicted octanol–water partition coefficient (Wildman–Crippen LogP) is 1.60. The molecule has 3 rings (SSSR count). The van der Waals surface area contributed by atoms with E-state index in [1.54, 1.807) is 13.0 Å². The largest absolute Gasteiger partial charge is 0.426 e. The SMILES string of the molecule is Cc1oc(=O)c(N2C(=O)C=CC2=O)c2cc(N(C)C)ccc12. The number of benzene rings is 1. The Balaban J connectivity index is 2.38. The Hall–Kier alpha value is -2.89. The fourth-order valence-electron chi connectivity index (χ4n) is 2.50. The van der Waals surface area contributed by atoms with Gasteiger partial charge in [0, 0.05) is 42.7 Å². The number of nitrogens with zero attached hydrogens (tertiary/aromatic N) is 2. The van der Waals surface area contributed by atoms with E-state index in [0.29, 0.717) is 16.5 Å². The highest BCUT2D eigenvalue weighted by Crippen LogP contribution is 2.30. The molecule has 0 fully saturated rings. The van der Waals surface area contributed by atoms with Crippen LogP contribution in [0.3, 0.4) is 0 Å². The summed E-state index contributed by atoms with van der Waals surface area (Å²) in [7, 11) is 3.74. The molecule has 1 aromatic heterocycles. The number of hydrogen-bond donors (Lipinski definition) is 0. The van der Waals surface area contributed by atoms with Crippen molar-refractivity contribution in [2.45, 2.75) is 6.92 Å². The topological polar surface area (TPSA) is 70.8 Å². The Morgan fingerprint density at radius 2 is 1.64 bits per heavy atom. The minimum atomic E-state index is -0.702. The number of aryl methyl sites for hydroxylation is 1. The first kappa shape index (κ1) is 14.1. The molecule has 6 nitrogen and oxygen atoms in total. The van der Waals surface area contributed by atoms with Crippen LogP contribution in [0.4, 0.5) is 11.4 Å². The summed E-state index contributed by atoms with van der Waals surface area (Å²) in [5.41, 5.74) is 0.112. The zero-order valence-corrected chi connectivity index (χ0v) is 12.4. The summed E-state index contributed by atoms with van der Waals surface area (Å²) in [5.74, 6) is -0.642. The number of anilines is 2. The molecule has 0 radical (unpaired) electrons. The molecule has 6 heteroatoms. The molecule has 1 aliphatic rings. The molecule has 0 atom stereocenters. The van der Waals surface area contributed by atoms with Crippen LogP contribution >= 0.6 is 0 Å². The van der Waals surface area contributed by atoms with Crippen molar-refractivity contribution in [3.8, 4) is 0 Å². The Morgan fingerprint density at radius 3 is 2.23 bits per heavy atom. The van der Waals surface area contributed by atoms with Gasteiger partial charge in [-0.15, -0.1) is 0 Å². The maximum atomic E-state index is 12.3. The van der Waals surface area contributed by atoms with Gasteiger partial charge in [-0.1, -0.05) is 0 Å². The summed E-state index contributed by atoms with van der Waals surface area (Å²) in [6, 6.07) is 5.46. The van der Waals surface area contributed by atoms with E-state index < -0.39 is 17.4 Å². The molecule has 0 aliphatic carbocycles. The summed E-state index contributed by atoms with van der Waals surface area (Å²) < 4.78 is 5.19. The van der Waals surface area contributed by atoms with Gasteiger partial charge in [0.2, 0.25) is 0 Å². The Bertz CT molecular complexity index is 875. The normalized spacial score (nSPS) is 14.2. The van der Waals surface area contributed by atoms with Crippen molar-refractivity contribution in [3.63, 3.8) is 0 Å². The van der Waals surface area contributed by atoms with Crippen LogP contribution in [0.25, 0.3) is 10.8 Å². The average Bonchev–Trinajstić information content (AvgIpc) is 2.79. The van der Waals surface area contributed by atoms with E-state index in [1.165, 1.54) is 0 Å². The van der Waals surface area contributed by atoms with Crippen molar-refractivity contribution in [2.24, 2.45) is 0 Å². The zero-order valence-electron chi connectivity index (χ0n) is 12.4. The number of hydrogen-bond acceptors (Lipinski definition) is 5. The van der Waals surface area contributed by atoms with Crippen LogP contribution in [0.1, 0.15) is 5.76 Å². The molecule has 2 aromatic rings. The van der Waals surface area contributed by atoms with Crippen LogP contribution in [0.15, 0.2) is 39.6 Å². The molecule has 0 bridgehead atoms. The molecule has 1 aliphatic heterocycles. The lowest BCUT2D eigenvalue weighted by atomic mass is 10.1. The fraction of sp³-hybridized carbons (Fsp3) is 0.188. The summed E-state index contributed by atoms with van der Waals surface area (Å²) in [6.07, 6.45) is 2.28. The van der Waals surface area contributed by atoms with Crippen molar-refractivity contribution < 1.29 is 14.0 Å². The van der Waals surface area contributed by atoms with Crippen molar-refractivity contribution >= 4 is 34.0 Å². The number of carbonyl (C=O) groups is 2. The molecule has 0 N–H and O–H groups in total. The molecule has 2 amide bonds. The van der Waals surface area contributed by atoms with Crippen LogP contribution in [0.5, 0.6) is 0 Å². The number of fused-ring (bicyclic) bond motifs is 1. The van der Waals surface area contributed by atoms with Crippen molar-refractivity contribution in [2.75, 3.05) is 23.9 Å². The molecule has 0 saturated carbocycles. The van der Waals surface area contributed by atoms with Crippen LogP contribution in [0.2, 0.25) is 0 Å². The second-order valence-electron chi connectivity index (χ2n) is 5.26. The van der Waals surface area contributed by atoms with Gasteiger partial charge in [-0.25, -0.2) is 9.69 Å². The highest BCUT2D eigenvalue weighted by atomic mass is 16.4. The zero-order chi connectivity index (χ0) is 16.0. The lowest BCUT2D eigenvalue weighted by molar-refractivity contribution is -0.120. The highest BCUT2D eigenvalue weighted by Gasteiger charge is 2.30. The summed E-state index contributed by atoms with van der Waals surface area (Å²) in [6.45, 7) is 1.68. The number of imide groups is 1. The predicted molar refractivity (Wildman–Crippen MR) is 83.2 cm³/mol. The van der Waals surface area contributed by atoms with Gasteiger partial charge in [0.15, 0.2) is 0 Å². The van der Waals surface area contributed by atoms with E-state index in [9.17, 15) is 14.4 Å². The molecule has 1 aromatic carbocycles. The number of rotatable bonds is 2. The first-order valence-corrected chi connectivity index (χ1v) is 6.71. The van der Waals surface area contributed by atoms with Gasteiger partial charge < -0.3 is 9.32 Å². The lowest BCUT2D eigenvalue weighted by Gasteiger charge is -2.18. The van der Waals surface area contributed by atoms with Gasteiger partial charge >= 0.3 is 5.63 Å². The first-order chi connectivity index (χ1) is 10.4. The van der Waals surface area contributed by atoms with E-state index in [1.807, 2.05) is 31.1 Å². The van der Waals surface area contributed by atoms with E-state index >= 15 is 0 Å². The molecule has 0 unspecified atom stereocenters. The second kappa shape index (κ2) is 4.84. The Labute approximate surface area is 126 Å². The minimum Gasteiger partial charge on any atom is -0.426 e. The molecular weight excluding hydrogens is 284 g/mol. The van der Waals surface area contributed by atoms with Crippen LogP contribution in [-0.4, -0.2) is 25.9 Å². The summed E-state index contributed by atoms with van der Waals surface area (Å²) >= 11 is 0. The molecule has 2 heterocycles. The van der Waals surface area contributed by atoms with Gasteiger partial charge in [0.1, 0.15) is 11.4 Å². The smallest absolute Gasteiger partial charge is 0.361 e.